The van der Waals surface area contributed by atoms with Gasteiger partial charge in [-0.1, -0.05) is 6.07 Å². The molecule has 0 bridgehead atoms. The van der Waals surface area contributed by atoms with Crippen LogP contribution in [0, 0.1) is 28.4 Å². The summed E-state index contributed by atoms with van der Waals surface area (Å²) in [5.41, 5.74) is -0.0510. The van der Waals surface area contributed by atoms with Crippen molar-refractivity contribution in [2.45, 2.75) is 6.92 Å². The van der Waals surface area contributed by atoms with E-state index in [4.69, 9.17) is 5.26 Å². The van der Waals surface area contributed by atoms with Crippen LogP contribution >= 0.6 is 0 Å². The molecule has 0 fully saturated rings. The van der Waals surface area contributed by atoms with Crippen LogP contribution in [-0.4, -0.2) is 11.2 Å². The Hall–Kier alpha value is -2.22. The van der Waals surface area contributed by atoms with Crippen LogP contribution in [0.1, 0.15) is 21.5 Å². The summed E-state index contributed by atoms with van der Waals surface area (Å²) in [6.07, 6.45) is 0.337. The van der Waals surface area contributed by atoms with Gasteiger partial charge in [-0.3, -0.25) is 14.9 Å². The van der Waals surface area contributed by atoms with Crippen LogP contribution in [0.15, 0.2) is 12.1 Å². The van der Waals surface area contributed by atoms with Gasteiger partial charge < -0.3 is 0 Å². The quantitative estimate of drug-likeness (QED) is 0.402. The molecule has 70 valence electrons. The number of aldehydes is 1. The first kappa shape index (κ1) is 9.86. The summed E-state index contributed by atoms with van der Waals surface area (Å²) in [6, 6.07) is 4.58. The Morgan fingerprint density at radius 3 is 2.64 bits per heavy atom. The van der Waals surface area contributed by atoms with Gasteiger partial charge >= 0.3 is 0 Å². The Kier molecular flexibility index (Phi) is 2.58. The van der Waals surface area contributed by atoms with Crippen molar-refractivity contribution in [3.8, 4) is 6.07 Å². The molecule has 0 spiro atoms. The van der Waals surface area contributed by atoms with Crippen LogP contribution in [0.5, 0.6) is 0 Å². The molecule has 1 aromatic rings. The van der Waals surface area contributed by atoms with Crippen LogP contribution in [0.2, 0.25) is 0 Å². The van der Waals surface area contributed by atoms with Crippen molar-refractivity contribution in [2.75, 3.05) is 0 Å². The lowest BCUT2D eigenvalue weighted by atomic mass is 10.0. The number of aryl methyl sites for hydroxylation is 1. The third kappa shape index (κ3) is 1.45. The van der Waals surface area contributed by atoms with Crippen LogP contribution < -0.4 is 0 Å². The second-order valence-corrected chi connectivity index (χ2v) is 2.68. The lowest BCUT2D eigenvalue weighted by Gasteiger charge is -2.00. The predicted molar refractivity (Wildman–Crippen MR) is 47.9 cm³/mol. The maximum atomic E-state index is 10.6. The fourth-order valence-corrected chi connectivity index (χ4v) is 1.18. The van der Waals surface area contributed by atoms with Crippen LogP contribution in [0.3, 0.4) is 0 Å². The Labute approximate surface area is 79.7 Å². The van der Waals surface area contributed by atoms with Gasteiger partial charge in [0.25, 0.3) is 5.69 Å². The van der Waals surface area contributed by atoms with E-state index in [0.717, 1.165) is 0 Å². The van der Waals surface area contributed by atoms with E-state index in [2.05, 4.69) is 0 Å². The highest BCUT2D eigenvalue weighted by molar-refractivity contribution is 5.86. The summed E-state index contributed by atoms with van der Waals surface area (Å²) in [5, 5.41) is 19.2. The second kappa shape index (κ2) is 3.66. The molecule has 14 heavy (non-hydrogen) atoms. The molecule has 0 N–H and O–H groups in total. The number of carbonyl (C=O) groups excluding carboxylic acids is 1. The number of nitro benzene ring substituents is 1. The normalized spacial score (nSPS) is 9.14. The largest absolute Gasteiger partial charge is 0.298 e. The van der Waals surface area contributed by atoms with Gasteiger partial charge in [-0.15, -0.1) is 0 Å². The van der Waals surface area contributed by atoms with E-state index in [1.54, 1.807) is 6.07 Å². The zero-order valence-electron chi connectivity index (χ0n) is 7.35. The van der Waals surface area contributed by atoms with Crippen LogP contribution in [0.25, 0.3) is 0 Å². The van der Waals surface area contributed by atoms with E-state index < -0.39 is 4.92 Å². The summed E-state index contributed by atoms with van der Waals surface area (Å²) >= 11 is 0. The summed E-state index contributed by atoms with van der Waals surface area (Å²) in [5.74, 6) is 0. The molecule has 0 saturated carbocycles. The second-order valence-electron chi connectivity index (χ2n) is 2.68. The Morgan fingerprint density at radius 2 is 2.21 bits per heavy atom. The first-order chi connectivity index (χ1) is 6.61. The average Bonchev–Trinajstić information content (AvgIpc) is 2.16. The van der Waals surface area contributed by atoms with Gasteiger partial charge in [0, 0.05) is 5.56 Å². The summed E-state index contributed by atoms with van der Waals surface area (Å²) in [7, 11) is 0. The van der Waals surface area contributed by atoms with Gasteiger partial charge in [-0.05, 0) is 13.0 Å². The third-order valence-corrected chi connectivity index (χ3v) is 1.84. The van der Waals surface area contributed by atoms with Gasteiger partial charge in [0.05, 0.1) is 10.5 Å². The highest BCUT2D eigenvalue weighted by atomic mass is 16.6. The lowest BCUT2D eigenvalue weighted by molar-refractivity contribution is -0.385. The zero-order chi connectivity index (χ0) is 10.7. The molecule has 0 amide bonds. The molecule has 0 aliphatic heterocycles. The molecule has 0 heterocycles. The molecule has 0 aromatic heterocycles. The molecule has 0 saturated heterocycles. The SMILES string of the molecule is Cc1ccc(C#N)c(C=O)c1[N+](=O)[O-]. The number of nitro groups is 1. The minimum atomic E-state index is -0.653. The molecule has 0 aliphatic rings. The third-order valence-electron chi connectivity index (χ3n) is 1.84. The Balaban J connectivity index is 3.61. The smallest absolute Gasteiger partial charge is 0.284 e. The van der Waals surface area contributed by atoms with Crippen LogP contribution in [0.4, 0.5) is 5.69 Å². The van der Waals surface area contributed by atoms with Gasteiger partial charge in [0.2, 0.25) is 0 Å². The number of rotatable bonds is 2. The fraction of sp³-hybridized carbons (Fsp3) is 0.111. The molecule has 1 rings (SSSR count). The first-order valence-corrected chi connectivity index (χ1v) is 3.75. The molecule has 0 atom stereocenters. The van der Waals surface area contributed by atoms with E-state index in [-0.39, 0.29) is 16.8 Å². The molecular formula is C9H6N2O3. The molecule has 0 radical (unpaired) electrons. The van der Waals surface area contributed by atoms with Crippen molar-refractivity contribution in [1.29, 1.82) is 5.26 Å². The number of nitrogens with zero attached hydrogens (tertiary/aromatic N) is 2. The molecule has 5 nitrogen and oxygen atoms in total. The fourth-order valence-electron chi connectivity index (χ4n) is 1.18. The predicted octanol–water partition coefficient (Wildman–Crippen LogP) is 1.59. The number of carbonyl (C=O) groups is 1. The summed E-state index contributed by atoms with van der Waals surface area (Å²) < 4.78 is 0. The van der Waals surface area contributed by atoms with E-state index in [9.17, 15) is 14.9 Å². The summed E-state index contributed by atoms with van der Waals surface area (Å²) in [6.45, 7) is 1.52. The lowest BCUT2D eigenvalue weighted by Crippen LogP contribution is -1.99. The number of benzene rings is 1. The van der Waals surface area contributed by atoms with Crippen molar-refractivity contribution >= 4 is 12.0 Å². The van der Waals surface area contributed by atoms with E-state index in [1.807, 2.05) is 0 Å². The van der Waals surface area contributed by atoms with Crippen molar-refractivity contribution in [1.82, 2.24) is 0 Å². The molecular weight excluding hydrogens is 184 g/mol. The topological polar surface area (TPSA) is 84.0 Å². The van der Waals surface area contributed by atoms with Crippen molar-refractivity contribution in [3.05, 3.63) is 38.9 Å². The maximum Gasteiger partial charge on any atom is 0.284 e. The minimum Gasteiger partial charge on any atom is -0.298 e. The number of hydrogen-bond donors (Lipinski definition) is 0. The van der Waals surface area contributed by atoms with Crippen molar-refractivity contribution in [3.63, 3.8) is 0 Å². The van der Waals surface area contributed by atoms with E-state index in [1.165, 1.54) is 19.1 Å². The molecule has 0 unspecified atom stereocenters. The van der Waals surface area contributed by atoms with Gasteiger partial charge in [-0.2, -0.15) is 5.26 Å². The minimum absolute atomic E-state index is 0.0253. The standard InChI is InChI=1S/C9H6N2O3/c1-6-2-3-7(4-10)8(5-12)9(6)11(13)14/h2-3,5H,1H3. The van der Waals surface area contributed by atoms with Gasteiger partial charge in [0.1, 0.15) is 11.6 Å². The Morgan fingerprint density at radius 1 is 1.57 bits per heavy atom. The Bertz CT molecular complexity index is 446. The average molecular weight is 190 g/mol. The summed E-state index contributed by atoms with van der Waals surface area (Å²) in [4.78, 5) is 20.6. The molecule has 1 aromatic carbocycles. The maximum absolute atomic E-state index is 10.6. The monoisotopic (exact) mass is 190 g/mol. The highest BCUT2D eigenvalue weighted by Gasteiger charge is 2.20. The van der Waals surface area contributed by atoms with E-state index >= 15 is 0 Å². The number of nitriles is 1. The van der Waals surface area contributed by atoms with Crippen molar-refractivity contribution in [2.24, 2.45) is 0 Å². The molecule has 0 aliphatic carbocycles. The highest BCUT2D eigenvalue weighted by Crippen LogP contribution is 2.24. The number of hydrogen-bond acceptors (Lipinski definition) is 4. The molecule has 5 heteroatoms. The van der Waals surface area contributed by atoms with Crippen molar-refractivity contribution < 1.29 is 9.72 Å². The van der Waals surface area contributed by atoms with Crippen LogP contribution in [-0.2, 0) is 0 Å². The first-order valence-electron chi connectivity index (χ1n) is 3.75. The van der Waals surface area contributed by atoms with E-state index in [0.29, 0.717) is 11.8 Å². The zero-order valence-corrected chi connectivity index (χ0v) is 7.35. The van der Waals surface area contributed by atoms with Gasteiger partial charge in [0.15, 0.2) is 6.29 Å². The van der Waals surface area contributed by atoms with Gasteiger partial charge in [-0.25, -0.2) is 0 Å².